The molecule has 0 fully saturated rings. The minimum Gasteiger partial charge on any atom is -0.380 e. The maximum atomic E-state index is 12.3. The molecule has 0 atom stereocenters. The number of hydrazone groups is 1. The Balaban J connectivity index is 2.13. The van der Waals surface area contributed by atoms with Crippen molar-refractivity contribution in [1.29, 1.82) is 5.26 Å². The van der Waals surface area contributed by atoms with Gasteiger partial charge in [0, 0.05) is 49.3 Å². The number of nitrogens with zero attached hydrogens (tertiary/aromatic N) is 5. The lowest BCUT2D eigenvalue weighted by molar-refractivity contribution is -0.384. The number of anilines is 1. The van der Waals surface area contributed by atoms with Crippen molar-refractivity contribution < 1.29 is 14.5 Å². The molecular formula is C22H26N6O4S. The SMILES string of the molecule is CCN(CC)c1ccc([N+](=O)[O-])cc1/C=N\NC(=O)CSc1nc(C)cc(COC)c1C#N. The molecule has 10 nitrogen and oxygen atoms in total. The fourth-order valence-corrected chi connectivity index (χ4v) is 4.02. The number of nitro benzene ring substituents is 1. The first kappa shape index (κ1) is 25.8. The molecule has 33 heavy (non-hydrogen) atoms. The van der Waals surface area contributed by atoms with Gasteiger partial charge in [-0.05, 0) is 38.5 Å². The van der Waals surface area contributed by atoms with E-state index in [4.69, 9.17) is 4.74 Å². The number of benzene rings is 1. The number of aromatic nitrogens is 1. The number of aryl methyl sites for hydroxylation is 1. The Hall–Kier alpha value is -3.49. The van der Waals surface area contributed by atoms with Crippen molar-refractivity contribution in [2.75, 3.05) is 30.9 Å². The topological polar surface area (TPSA) is 134 Å². The summed E-state index contributed by atoms with van der Waals surface area (Å²) < 4.78 is 5.13. The van der Waals surface area contributed by atoms with Gasteiger partial charge in [0.2, 0.25) is 5.91 Å². The summed E-state index contributed by atoms with van der Waals surface area (Å²) in [5.41, 5.74) is 5.49. The van der Waals surface area contributed by atoms with Crippen molar-refractivity contribution >= 4 is 35.3 Å². The summed E-state index contributed by atoms with van der Waals surface area (Å²) >= 11 is 1.13. The number of carbonyl (C=O) groups excluding carboxylic acids is 1. The van der Waals surface area contributed by atoms with Gasteiger partial charge in [-0.15, -0.1) is 0 Å². The number of nitriles is 1. The number of hydrogen-bond donors (Lipinski definition) is 1. The molecule has 0 spiro atoms. The van der Waals surface area contributed by atoms with Crippen molar-refractivity contribution in [3.8, 4) is 6.07 Å². The zero-order chi connectivity index (χ0) is 24.4. The smallest absolute Gasteiger partial charge is 0.270 e. The molecule has 11 heteroatoms. The number of amides is 1. The number of rotatable bonds is 11. The van der Waals surface area contributed by atoms with Crippen molar-refractivity contribution in [2.24, 2.45) is 5.10 Å². The summed E-state index contributed by atoms with van der Waals surface area (Å²) in [5.74, 6) is -0.404. The lowest BCUT2D eigenvalue weighted by Crippen LogP contribution is -2.24. The van der Waals surface area contributed by atoms with Gasteiger partial charge in [-0.1, -0.05) is 11.8 Å². The molecular weight excluding hydrogens is 444 g/mol. The molecule has 0 aliphatic rings. The number of hydrogen-bond acceptors (Lipinski definition) is 9. The average molecular weight is 471 g/mol. The van der Waals surface area contributed by atoms with Crippen LogP contribution in [0.4, 0.5) is 11.4 Å². The first-order valence-electron chi connectivity index (χ1n) is 10.2. The van der Waals surface area contributed by atoms with Gasteiger partial charge in [-0.2, -0.15) is 10.4 Å². The molecule has 1 N–H and O–H groups in total. The average Bonchev–Trinajstić information content (AvgIpc) is 2.79. The van der Waals surface area contributed by atoms with Crippen LogP contribution in [0.5, 0.6) is 0 Å². The summed E-state index contributed by atoms with van der Waals surface area (Å²) in [5, 5.41) is 25.1. The second-order valence-electron chi connectivity index (χ2n) is 6.90. The van der Waals surface area contributed by atoms with Gasteiger partial charge in [0.1, 0.15) is 11.1 Å². The largest absolute Gasteiger partial charge is 0.380 e. The van der Waals surface area contributed by atoms with Crippen LogP contribution in [-0.4, -0.2) is 48.0 Å². The number of nitro groups is 1. The normalized spacial score (nSPS) is 10.8. The van der Waals surface area contributed by atoms with Crippen molar-refractivity contribution in [2.45, 2.75) is 32.4 Å². The second kappa shape index (κ2) is 12.5. The number of non-ortho nitro benzene ring substituents is 1. The quantitative estimate of drug-likeness (QED) is 0.229. The highest BCUT2D eigenvalue weighted by Crippen LogP contribution is 2.25. The maximum Gasteiger partial charge on any atom is 0.270 e. The predicted molar refractivity (Wildman–Crippen MR) is 128 cm³/mol. The number of pyridine rings is 1. The molecule has 1 heterocycles. The van der Waals surface area contributed by atoms with Crippen LogP contribution in [0.1, 0.15) is 36.2 Å². The van der Waals surface area contributed by atoms with Gasteiger partial charge < -0.3 is 9.64 Å². The standard InChI is InChI=1S/C22H26N6O4S/c1-5-27(6-2)20-8-7-18(28(30)31)10-16(20)12-24-26-21(29)14-33-22-19(11-23)17(13-32-4)9-15(3)25-22/h7-10,12H,5-6,13-14H2,1-4H3,(H,26,29)/b24-12-. The highest BCUT2D eigenvalue weighted by Gasteiger charge is 2.15. The van der Waals surface area contributed by atoms with Gasteiger partial charge in [-0.3, -0.25) is 14.9 Å². The summed E-state index contributed by atoms with van der Waals surface area (Å²) in [4.78, 5) is 29.4. The van der Waals surface area contributed by atoms with E-state index in [2.05, 4.69) is 21.6 Å². The summed E-state index contributed by atoms with van der Waals surface area (Å²) in [6.07, 6.45) is 1.39. The van der Waals surface area contributed by atoms with Crippen molar-refractivity contribution in [1.82, 2.24) is 10.4 Å². The maximum absolute atomic E-state index is 12.3. The van der Waals surface area contributed by atoms with E-state index >= 15 is 0 Å². The fraction of sp³-hybridized carbons (Fsp3) is 0.364. The third kappa shape index (κ3) is 7.00. The van der Waals surface area contributed by atoms with Crippen LogP contribution in [0.3, 0.4) is 0 Å². The summed E-state index contributed by atoms with van der Waals surface area (Å²) in [6, 6.07) is 8.44. The molecule has 0 bridgehead atoms. The highest BCUT2D eigenvalue weighted by atomic mass is 32.2. The number of carbonyl (C=O) groups is 1. The number of thioether (sulfide) groups is 1. The molecule has 1 amide bonds. The van der Waals surface area contributed by atoms with Crippen LogP contribution in [0.2, 0.25) is 0 Å². The van der Waals surface area contributed by atoms with Gasteiger partial charge in [0.25, 0.3) is 5.69 Å². The number of ether oxygens (including phenoxy) is 1. The Morgan fingerprint density at radius 2 is 2.12 bits per heavy atom. The van der Waals surface area contributed by atoms with Crippen molar-refractivity contribution in [3.05, 3.63) is 56.8 Å². The van der Waals surface area contributed by atoms with Crippen LogP contribution in [-0.2, 0) is 16.1 Å². The van der Waals surface area contributed by atoms with Gasteiger partial charge in [0.05, 0.1) is 29.1 Å². The van der Waals surface area contributed by atoms with Gasteiger partial charge in [-0.25, -0.2) is 10.4 Å². The van der Waals surface area contributed by atoms with E-state index in [0.717, 1.165) is 23.1 Å². The predicted octanol–water partition coefficient (Wildman–Crippen LogP) is 3.40. The molecule has 0 unspecified atom stereocenters. The third-order valence-corrected chi connectivity index (χ3v) is 5.64. The Morgan fingerprint density at radius 1 is 1.39 bits per heavy atom. The molecule has 0 aliphatic carbocycles. The van der Waals surface area contributed by atoms with Crippen LogP contribution < -0.4 is 10.3 Å². The zero-order valence-corrected chi connectivity index (χ0v) is 19.8. The van der Waals surface area contributed by atoms with E-state index in [9.17, 15) is 20.2 Å². The van der Waals surface area contributed by atoms with Gasteiger partial charge in [0.15, 0.2) is 0 Å². The molecule has 0 saturated carbocycles. The molecule has 174 valence electrons. The van der Waals surface area contributed by atoms with E-state index in [1.54, 1.807) is 26.2 Å². The van der Waals surface area contributed by atoms with Crippen LogP contribution >= 0.6 is 11.8 Å². The number of methoxy groups -OCH3 is 1. The molecule has 1 aromatic carbocycles. The molecule has 2 rings (SSSR count). The zero-order valence-electron chi connectivity index (χ0n) is 19.0. The molecule has 1 aromatic heterocycles. The molecule has 0 aliphatic heterocycles. The molecule has 0 radical (unpaired) electrons. The first-order chi connectivity index (χ1) is 15.8. The Bertz CT molecular complexity index is 1080. The first-order valence-corrected chi connectivity index (χ1v) is 11.2. The fourth-order valence-electron chi connectivity index (χ4n) is 3.15. The Kier molecular flexibility index (Phi) is 9.78. The summed E-state index contributed by atoms with van der Waals surface area (Å²) in [6.45, 7) is 7.48. The summed E-state index contributed by atoms with van der Waals surface area (Å²) in [7, 11) is 1.54. The van der Waals surface area contributed by atoms with Crippen LogP contribution in [0.25, 0.3) is 0 Å². The Labute approximate surface area is 196 Å². The van der Waals surface area contributed by atoms with Crippen LogP contribution in [0, 0.1) is 28.4 Å². The van der Waals surface area contributed by atoms with Crippen LogP contribution in [0.15, 0.2) is 34.4 Å². The number of nitrogens with one attached hydrogen (secondary N) is 1. The Morgan fingerprint density at radius 3 is 2.73 bits per heavy atom. The van der Waals surface area contributed by atoms with E-state index in [1.165, 1.54) is 18.3 Å². The monoisotopic (exact) mass is 470 g/mol. The van der Waals surface area contributed by atoms with E-state index in [-0.39, 0.29) is 18.0 Å². The lowest BCUT2D eigenvalue weighted by atomic mass is 10.1. The van der Waals surface area contributed by atoms with E-state index in [0.29, 0.717) is 34.8 Å². The third-order valence-electron chi connectivity index (χ3n) is 4.67. The van der Waals surface area contributed by atoms with E-state index in [1.807, 2.05) is 18.7 Å². The highest BCUT2D eigenvalue weighted by molar-refractivity contribution is 8.00. The second-order valence-corrected chi connectivity index (χ2v) is 7.87. The minimum atomic E-state index is -0.474. The van der Waals surface area contributed by atoms with E-state index < -0.39 is 10.8 Å². The molecule has 2 aromatic rings. The lowest BCUT2D eigenvalue weighted by Gasteiger charge is -2.22. The molecule has 0 saturated heterocycles. The minimum absolute atomic E-state index is 0.00721. The van der Waals surface area contributed by atoms with Crippen molar-refractivity contribution in [3.63, 3.8) is 0 Å². The van der Waals surface area contributed by atoms with Gasteiger partial charge >= 0.3 is 0 Å².